The van der Waals surface area contributed by atoms with Crippen LogP contribution in [-0.2, 0) is 21.3 Å². The number of aryl methyl sites for hydroxylation is 1. The highest BCUT2D eigenvalue weighted by molar-refractivity contribution is 7.89. The van der Waals surface area contributed by atoms with Crippen molar-refractivity contribution in [1.82, 2.24) is 4.72 Å². The van der Waals surface area contributed by atoms with Gasteiger partial charge in [0.25, 0.3) is 0 Å². The summed E-state index contributed by atoms with van der Waals surface area (Å²) in [5, 5.41) is 0. The van der Waals surface area contributed by atoms with Gasteiger partial charge in [-0.2, -0.15) is 0 Å². The third-order valence-electron chi connectivity index (χ3n) is 3.71. The van der Waals surface area contributed by atoms with E-state index in [0.29, 0.717) is 13.2 Å². The summed E-state index contributed by atoms with van der Waals surface area (Å²) >= 11 is 0. The third kappa shape index (κ3) is 3.38. The van der Waals surface area contributed by atoms with Gasteiger partial charge in [-0.1, -0.05) is 6.07 Å². The van der Waals surface area contributed by atoms with Gasteiger partial charge in [-0.25, -0.2) is 13.1 Å². The van der Waals surface area contributed by atoms with Crippen LogP contribution < -0.4 is 10.5 Å². The molecule has 1 aliphatic heterocycles. The zero-order chi connectivity index (χ0) is 14.8. The number of benzene rings is 1. The van der Waals surface area contributed by atoms with Gasteiger partial charge in [-0.05, 0) is 49.9 Å². The highest BCUT2D eigenvalue weighted by Crippen LogP contribution is 2.19. The van der Waals surface area contributed by atoms with Crippen molar-refractivity contribution in [3.63, 3.8) is 0 Å². The molecule has 1 aromatic carbocycles. The van der Waals surface area contributed by atoms with E-state index < -0.39 is 10.0 Å². The fraction of sp³-hybridized carbons (Fsp3) is 0.571. The van der Waals surface area contributed by atoms with E-state index in [1.165, 1.54) is 0 Å². The Morgan fingerprint density at radius 2 is 2.25 bits per heavy atom. The Labute approximate surface area is 120 Å². The summed E-state index contributed by atoms with van der Waals surface area (Å²) in [6.07, 6.45) is 1.85. The Bertz CT molecular complexity index is 566. The number of sulfonamides is 1. The number of nitrogens with two attached hydrogens (primary N) is 1. The minimum absolute atomic E-state index is 0.0332. The Kier molecular flexibility index (Phi) is 4.80. The fourth-order valence-corrected chi connectivity index (χ4v) is 3.81. The van der Waals surface area contributed by atoms with Crippen molar-refractivity contribution in [1.29, 1.82) is 0 Å². The van der Waals surface area contributed by atoms with Crippen LogP contribution in [0.5, 0.6) is 0 Å². The van der Waals surface area contributed by atoms with Gasteiger partial charge >= 0.3 is 0 Å². The first-order valence-corrected chi connectivity index (χ1v) is 8.36. The lowest BCUT2D eigenvalue weighted by Gasteiger charge is -2.20. The van der Waals surface area contributed by atoms with Crippen LogP contribution in [0.3, 0.4) is 0 Å². The van der Waals surface area contributed by atoms with Crippen LogP contribution in [0.15, 0.2) is 23.1 Å². The second-order valence-electron chi connectivity index (χ2n) is 5.25. The molecular formula is C14H22N2O3S. The smallest absolute Gasteiger partial charge is 0.240 e. The van der Waals surface area contributed by atoms with Crippen LogP contribution in [0, 0.1) is 6.92 Å². The van der Waals surface area contributed by atoms with Crippen LogP contribution >= 0.6 is 0 Å². The number of nitrogens with one attached hydrogen (secondary N) is 1. The zero-order valence-corrected chi connectivity index (χ0v) is 12.7. The number of hydrogen-bond donors (Lipinski definition) is 2. The summed E-state index contributed by atoms with van der Waals surface area (Å²) in [6, 6.07) is 4.80. The molecule has 6 heteroatoms. The SMILES string of the molecule is Cc1cc(S(=O)(=O)NC(C)C2CCCO2)ccc1CN. The predicted octanol–water partition coefficient (Wildman–Crippen LogP) is 1.30. The van der Waals surface area contributed by atoms with Gasteiger partial charge in [0.2, 0.25) is 10.0 Å². The lowest BCUT2D eigenvalue weighted by molar-refractivity contribution is 0.0902. The quantitative estimate of drug-likeness (QED) is 0.858. The molecule has 20 heavy (non-hydrogen) atoms. The van der Waals surface area contributed by atoms with E-state index in [-0.39, 0.29) is 17.0 Å². The van der Waals surface area contributed by atoms with E-state index in [9.17, 15) is 8.42 Å². The molecule has 0 radical (unpaired) electrons. The first kappa shape index (κ1) is 15.4. The van der Waals surface area contributed by atoms with Gasteiger partial charge < -0.3 is 10.5 Å². The summed E-state index contributed by atoms with van der Waals surface area (Å²) in [5.74, 6) is 0. The first-order chi connectivity index (χ1) is 9.44. The maximum Gasteiger partial charge on any atom is 0.240 e. The standard InChI is InChI=1S/C14H22N2O3S/c1-10-8-13(6-5-12(10)9-15)20(17,18)16-11(2)14-4-3-7-19-14/h5-6,8,11,14,16H,3-4,7,9,15H2,1-2H3. The fourth-order valence-electron chi connectivity index (χ4n) is 2.45. The molecule has 0 bridgehead atoms. The molecule has 5 nitrogen and oxygen atoms in total. The molecule has 0 amide bonds. The van der Waals surface area contributed by atoms with Gasteiger partial charge in [0.05, 0.1) is 11.0 Å². The molecule has 1 saturated heterocycles. The normalized spacial score (nSPS) is 21.1. The number of ether oxygens (including phenoxy) is 1. The minimum atomic E-state index is -3.52. The number of rotatable bonds is 5. The first-order valence-electron chi connectivity index (χ1n) is 6.87. The maximum absolute atomic E-state index is 12.4. The highest BCUT2D eigenvalue weighted by atomic mass is 32.2. The van der Waals surface area contributed by atoms with Crippen molar-refractivity contribution in [3.8, 4) is 0 Å². The average molecular weight is 298 g/mol. The number of hydrogen-bond acceptors (Lipinski definition) is 4. The van der Waals surface area contributed by atoms with E-state index >= 15 is 0 Å². The van der Waals surface area contributed by atoms with Gasteiger partial charge in [-0.15, -0.1) is 0 Å². The van der Waals surface area contributed by atoms with E-state index in [1.807, 2.05) is 13.8 Å². The molecule has 1 aliphatic rings. The molecule has 1 aromatic rings. The lowest BCUT2D eigenvalue weighted by atomic mass is 10.1. The van der Waals surface area contributed by atoms with Crippen molar-refractivity contribution >= 4 is 10.0 Å². The molecule has 1 fully saturated rings. The van der Waals surface area contributed by atoms with Crippen molar-refractivity contribution in [2.45, 2.75) is 50.3 Å². The summed E-state index contributed by atoms with van der Waals surface area (Å²) in [5.41, 5.74) is 7.44. The maximum atomic E-state index is 12.4. The van der Waals surface area contributed by atoms with Crippen molar-refractivity contribution in [2.24, 2.45) is 5.73 Å². The summed E-state index contributed by atoms with van der Waals surface area (Å²) in [4.78, 5) is 0.275. The van der Waals surface area contributed by atoms with Crippen molar-refractivity contribution in [2.75, 3.05) is 6.61 Å². The molecular weight excluding hydrogens is 276 g/mol. The van der Waals surface area contributed by atoms with Crippen LogP contribution in [0.2, 0.25) is 0 Å². The summed E-state index contributed by atoms with van der Waals surface area (Å²) in [6.45, 7) is 4.83. The van der Waals surface area contributed by atoms with Gasteiger partial charge in [0, 0.05) is 19.2 Å². The van der Waals surface area contributed by atoms with Gasteiger partial charge in [0.15, 0.2) is 0 Å². The van der Waals surface area contributed by atoms with E-state index in [2.05, 4.69) is 4.72 Å². The molecule has 3 N–H and O–H groups in total. The van der Waals surface area contributed by atoms with E-state index in [1.54, 1.807) is 18.2 Å². The third-order valence-corrected chi connectivity index (χ3v) is 5.26. The van der Waals surface area contributed by atoms with Crippen molar-refractivity contribution < 1.29 is 13.2 Å². The Hall–Kier alpha value is -0.950. The highest BCUT2D eigenvalue weighted by Gasteiger charge is 2.27. The summed E-state index contributed by atoms with van der Waals surface area (Å²) < 4.78 is 32.9. The van der Waals surface area contributed by atoms with E-state index in [0.717, 1.165) is 24.0 Å². The molecule has 0 aliphatic carbocycles. The second-order valence-corrected chi connectivity index (χ2v) is 6.97. The largest absolute Gasteiger partial charge is 0.377 e. The van der Waals surface area contributed by atoms with E-state index in [4.69, 9.17) is 10.5 Å². The molecule has 0 saturated carbocycles. The minimum Gasteiger partial charge on any atom is -0.377 e. The van der Waals surface area contributed by atoms with Crippen LogP contribution in [0.25, 0.3) is 0 Å². The summed E-state index contributed by atoms with van der Waals surface area (Å²) in [7, 11) is -3.52. The molecule has 0 spiro atoms. The second kappa shape index (κ2) is 6.22. The Balaban J connectivity index is 2.15. The predicted molar refractivity (Wildman–Crippen MR) is 77.8 cm³/mol. The van der Waals surface area contributed by atoms with Gasteiger partial charge in [0.1, 0.15) is 0 Å². The Morgan fingerprint density at radius 3 is 2.80 bits per heavy atom. The topological polar surface area (TPSA) is 81.4 Å². The zero-order valence-electron chi connectivity index (χ0n) is 11.9. The van der Waals surface area contributed by atoms with Crippen LogP contribution in [0.1, 0.15) is 30.9 Å². The molecule has 2 atom stereocenters. The molecule has 2 rings (SSSR count). The van der Waals surface area contributed by atoms with Gasteiger partial charge in [-0.3, -0.25) is 0 Å². The average Bonchev–Trinajstić information content (AvgIpc) is 2.92. The Morgan fingerprint density at radius 1 is 1.50 bits per heavy atom. The molecule has 112 valence electrons. The molecule has 0 aromatic heterocycles. The van der Waals surface area contributed by atoms with Crippen LogP contribution in [0.4, 0.5) is 0 Å². The monoisotopic (exact) mass is 298 g/mol. The molecule has 2 unspecified atom stereocenters. The lowest BCUT2D eigenvalue weighted by Crippen LogP contribution is -2.40. The molecule has 1 heterocycles. The van der Waals surface area contributed by atoms with Crippen LogP contribution in [-0.4, -0.2) is 27.2 Å². The van der Waals surface area contributed by atoms with Crippen molar-refractivity contribution in [3.05, 3.63) is 29.3 Å².